The standard InChI is InChI=1S/C16H17N3O4/c1-8(2)17-10-5-3-4-9-13(10)16(23)19(15(9)22)11-6-7-12(20)18-14(11)21/h3-5,8,11,17H,6-7H2,1-2H3,(H,18,20,21)/t11-/m1/s1. The van der Waals surface area contributed by atoms with Crippen LogP contribution in [-0.2, 0) is 9.59 Å². The molecule has 23 heavy (non-hydrogen) atoms. The molecule has 120 valence electrons. The second kappa shape index (κ2) is 5.49. The molecule has 7 nitrogen and oxygen atoms in total. The molecular weight excluding hydrogens is 298 g/mol. The molecule has 0 saturated carbocycles. The van der Waals surface area contributed by atoms with Gasteiger partial charge in [0.15, 0.2) is 0 Å². The van der Waals surface area contributed by atoms with Gasteiger partial charge in [-0.15, -0.1) is 0 Å². The molecule has 2 aliphatic heterocycles. The van der Waals surface area contributed by atoms with E-state index in [4.69, 9.17) is 0 Å². The van der Waals surface area contributed by atoms with Gasteiger partial charge in [0.25, 0.3) is 11.8 Å². The van der Waals surface area contributed by atoms with Crippen LogP contribution in [0, 0.1) is 0 Å². The van der Waals surface area contributed by atoms with Gasteiger partial charge < -0.3 is 5.32 Å². The number of carbonyl (C=O) groups is 4. The summed E-state index contributed by atoms with van der Waals surface area (Å²) in [5.74, 6) is -1.98. The first-order chi connectivity index (χ1) is 10.9. The topological polar surface area (TPSA) is 95.6 Å². The Kier molecular flexibility index (Phi) is 3.63. The molecule has 1 aromatic carbocycles. The van der Waals surface area contributed by atoms with Gasteiger partial charge >= 0.3 is 0 Å². The van der Waals surface area contributed by atoms with Crippen LogP contribution >= 0.6 is 0 Å². The molecule has 0 spiro atoms. The number of amides is 4. The average Bonchev–Trinajstić information content (AvgIpc) is 2.72. The lowest BCUT2D eigenvalue weighted by Gasteiger charge is -2.27. The van der Waals surface area contributed by atoms with E-state index >= 15 is 0 Å². The first-order valence-electron chi connectivity index (χ1n) is 7.51. The molecule has 3 rings (SSSR count). The Bertz CT molecular complexity index is 726. The minimum absolute atomic E-state index is 0.0917. The predicted octanol–water partition coefficient (Wildman–Crippen LogP) is 0.908. The van der Waals surface area contributed by atoms with Gasteiger partial charge in [-0.3, -0.25) is 29.4 Å². The van der Waals surface area contributed by atoms with Gasteiger partial charge in [0.1, 0.15) is 6.04 Å². The summed E-state index contributed by atoms with van der Waals surface area (Å²) in [7, 11) is 0. The van der Waals surface area contributed by atoms with Crippen LogP contribution in [0.1, 0.15) is 47.4 Å². The second-order valence-corrected chi connectivity index (χ2v) is 5.97. The number of carbonyl (C=O) groups excluding carboxylic acids is 4. The highest BCUT2D eigenvalue weighted by Crippen LogP contribution is 2.32. The van der Waals surface area contributed by atoms with E-state index in [0.29, 0.717) is 5.69 Å². The summed E-state index contributed by atoms with van der Waals surface area (Å²) in [6.07, 6.45) is 0.268. The predicted molar refractivity (Wildman–Crippen MR) is 81.9 cm³/mol. The van der Waals surface area contributed by atoms with Crippen molar-refractivity contribution in [2.45, 2.75) is 38.8 Å². The number of imide groups is 2. The summed E-state index contributed by atoms with van der Waals surface area (Å²) in [6, 6.07) is 4.16. The summed E-state index contributed by atoms with van der Waals surface area (Å²) in [4.78, 5) is 49.6. The van der Waals surface area contributed by atoms with Crippen molar-refractivity contribution in [1.82, 2.24) is 10.2 Å². The van der Waals surface area contributed by atoms with Crippen LogP contribution in [0.15, 0.2) is 18.2 Å². The highest BCUT2D eigenvalue weighted by Gasteiger charge is 2.45. The second-order valence-electron chi connectivity index (χ2n) is 5.97. The zero-order valence-corrected chi connectivity index (χ0v) is 12.9. The number of piperidine rings is 1. The van der Waals surface area contributed by atoms with Crippen LogP contribution in [0.3, 0.4) is 0 Å². The Hall–Kier alpha value is -2.70. The Labute approximate surface area is 133 Å². The van der Waals surface area contributed by atoms with Gasteiger partial charge in [0.2, 0.25) is 11.8 Å². The molecule has 2 aliphatic rings. The SMILES string of the molecule is CC(C)Nc1cccc2c1C(=O)N([C@@H]1CCC(=O)NC1=O)C2=O. The lowest BCUT2D eigenvalue weighted by Crippen LogP contribution is -2.54. The van der Waals surface area contributed by atoms with Gasteiger partial charge in [-0.25, -0.2) is 0 Å². The van der Waals surface area contributed by atoms with Gasteiger partial charge in [-0.05, 0) is 32.4 Å². The third kappa shape index (κ3) is 2.48. The number of fused-ring (bicyclic) bond motifs is 1. The molecule has 0 bridgehead atoms. The molecule has 2 N–H and O–H groups in total. The molecule has 1 fully saturated rings. The third-order valence-corrected chi connectivity index (χ3v) is 3.91. The van der Waals surface area contributed by atoms with E-state index in [0.717, 1.165) is 4.90 Å². The van der Waals surface area contributed by atoms with Crippen molar-refractivity contribution < 1.29 is 19.2 Å². The summed E-state index contributed by atoms with van der Waals surface area (Å²) < 4.78 is 0. The quantitative estimate of drug-likeness (QED) is 0.808. The maximum absolute atomic E-state index is 12.7. The Morgan fingerprint density at radius 2 is 1.91 bits per heavy atom. The van der Waals surface area contributed by atoms with E-state index < -0.39 is 23.8 Å². The van der Waals surface area contributed by atoms with E-state index in [1.165, 1.54) is 0 Å². The summed E-state index contributed by atoms with van der Waals surface area (Å²) in [5.41, 5.74) is 1.15. The zero-order chi connectivity index (χ0) is 16.7. The van der Waals surface area contributed by atoms with Gasteiger partial charge in [-0.2, -0.15) is 0 Å². The lowest BCUT2D eigenvalue weighted by molar-refractivity contribution is -0.136. The monoisotopic (exact) mass is 315 g/mol. The Morgan fingerprint density at radius 1 is 1.17 bits per heavy atom. The minimum atomic E-state index is -0.938. The molecule has 1 saturated heterocycles. The number of rotatable bonds is 3. The Balaban J connectivity index is 1.98. The molecule has 0 radical (unpaired) electrons. The fourth-order valence-corrected chi connectivity index (χ4v) is 2.95. The van der Waals surface area contributed by atoms with Crippen molar-refractivity contribution in [2.24, 2.45) is 0 Å². The average molecular weight is 315 g/mol. The van der Waals surface area contributed by atoms with Crippen molar-refractivity contribution in [3.8, 4) is 0 Å². The largest absolute Gasteiger partial charge is 0.382 e. The van der Waals surface area contributed by atoms with Crippen molar-refractivity contribution in [1.29, 1.82) is 0 Å². The van der Waals surface area contributed by atoms with Crippen LogP contribution in [0.25, 0.3) is 0 Å². The third-order valence-electron chi connectivity index (χ3n) is 3.91. The molecule has 4 amide bonds. The maximum Gasteiger partial charge on any atom is 0.264 e. The van der Waals surface area contributed by atoms with Crippen molar-refractivity contribution in [3.05, 3.63) is 29.3 Å². The van der Waals surface area contributed by atoms with Crippen LogP contribution in [0.4, 0.5) is 5.69 Å². The summed E-state index contributed by atoms with van der Waals surface area (Å²) in [5, 5.41) is 5.32. The summed E-state index contributed by atoms with van der Waals surface area (Å²) in [6.45, 7) is 3.86. The van der Waals surface area contributed by atoms with E-state index in [1.807, 2.05) is 13.8 Å². The number of nitrogens with one attached hydrogen (secondary N) is 2. The van der Waals surface area contributed by atoms with Gasteiger partial charge in [0.05, 0.1) is 11.1 Å². The number of nitrogens with zero attached hydrogens (tertiary/aromatic N) is 1. The van der Waals surface area contributed by atoms with E-state index in [9.17, 15) is 19.2 Å². The molecule has 0 aliphatic carbocycles. The minimum Gasteiger partial charge on any atom is -0.382 e. The molecule has 2 heterocycles. The van der Waals surface area contributed by atoms with Crippen molar-refractivity contribution in [3.63, 3.8) is 0 Å². The Morgan fingerprint density at radius 3 is 2.57 bits per heavy atom. The van der Waals surface area contributed by atoms with Crippen LogP contribution in [-0.4, -0.2) is 40.6 Å². The number of hydrogen-bond donors (Lipinski definition) is 2. The molecular formula is C16H17N3O4. The highest BCUT2D eigenvalue weighted by atomic mass is 16.2. The number of hydrogen-bond acceptors (Lipinski definition) is 5. The summed E-state index contributed by atoms with van der Waals surface area (Å²) >= 11 is 0. The fourth-order valence-electron chi connectivity index (χ4n) is 2.95. The number of benzene rings is 1. The van der Waals surface area contributed by atoms with E-state index in [1.54, 1.807) is 18.2 Å². The first-order valence-corrected chi connectivity index (χ1v) is 7.51. The molecule has 1 aromatic rings. The molecule has 0 aromatic heterocycles. The molecule has 0 unspecified atom stereocenters. The lowest BCUT2D eigenvalue weighted by atomic mass is 10.0. The number of anilines is 1. The van der Waals surface area contributed by atoms with Crippen LogP contribution < -0.4 is 10.6 Å². The van der Waals surface area contributed by atoms with Crippen molar-refractivity contribution in [2.75, 3.05) is 5.32 Å². The van der Waals surface area contributed by atoms with Gasteiger partial charge in [-0.1, -0.05) is 6.07 Å². The normalized spacial score (nSPS) is 20.8. The highest BCUT2D eigenvalue weighted by molar-refractivity contribution is 6.25. The van der Waals surface area contributed by atoms with E-state index in [2.05, 4.69) is 10.6 Å². The smallest absolute Gasteiger partial charge is 0.264 e. The van der Waals surface area contributed by atoms with Crippen LogP contribution in [0.2, 0.25) is 0 Å². The first kappa shape index (κ1) is 15.2. The van der Waals surface area contributed by atoms with Gasteiger partial charge in [0, 0.05) is 18.2 Å². The maximum atomic E-state index is 12.7. The van der Waals surface area contributed by atoms with Crippen molar-refractivity contribution >= 4 is 29.3 Å². The zero-order valence-electron chi connectivity index (χ0n) is 12.9. The molecule has 1 atom stereocenters. The van der Waals surface area contributed by atoms with E-state index in [-0.39, 0.29) is 35.9 Å². The fraction of sp³-hybridized carbons (Fsp3) is 0.375. The molecule has 7 heteroatoms. The van der Waals surface area contributed by atoms with Crippen LogP contribution in [0.5, 0.6) is 0 Å².